The molecule has 5 heteroatoms. The van der Waals surface area contributed by atoms with Crippen molar-refractivity contribution in [2.24, 2.45) is 23.3 Å². The van der Waals surface area contributed by atoms with E-state index in [2.05, 4.69) is 0 Å². The average molecular weight is 278 g/mol. The van der Waals surface area contributed by atoms with Gasteiger partial charge < -0.3 is 16.6 Å². The van der Waals surface area contributed by atoms with Gasteiger partial charge in [0.25, 0.3) is 5.92 Å². The van der Waals surface area contributed by atoms with Crippen LogP contribution in [-0.2, 0) is 0 Å². The monoisotopic (exact) mass is 278 g/mol. The van der Waals surface area contributed by atoms with Crippen molar-refractivity contribution in [3.8, 4) is 0 Å². The average Bonchev–Trinajstić information content (AvgIpc) is 2.36. The van der Waals surface area contributed by atoms with E-state index in [1.807, 2.05) is 0 Å². The third kappa shape index (κ3) is 5.71. The molecule has 0 aliphatic heterocycles. The molecular weight excluding hydrogens is 250 g/mol. The zero-order valence-corrected chi connectivity index (χ0v) is 11.8. The van der Waals surface area contributed by atoms with E-state index in [9.17, 15) is 13.9 Å². The molecular formula is C14H28F2N2O. The van der Waals surface area contributed by atoms with Gasteiger partial charge in [-0.1, -0.05) is 39.0 Å². The SMILES string of the molecule is CC(CC(F)(F)C(O)CCC1CCCCC1)C(N)N. The molecule has 2 unspecified atom stereocenters. The highest BCUT2D eigenvalue weighted by Gasteiger charge is 2.40. The van der Waals surface area contributed by atoms with E-state index in [0.29, 0.717) is 12.3 Å². The summed E-state index contributed by atoms with van der Waals surface area (Å²) in [6.45, 7) is 1.59. The Morgan fingerprint density at radius 2 is 1.79 bits per heavy atom. The van der Waals surface area contributed by atoms with Gasteiger partial charge >= 0.3 is 0 Å². The molecule has 0 aromatic heterocycles. The fourth-order valence-corrected chi connectivity index (χ4v) is 2.78. The molecule has 1 aliphatic rings. The summed E-state index contributed by atoms with van der Waals surface area (Å²) < 4.78 is 27.6. The zero-order valence-electron chi connectivity index (χ0n) is 11.8. The van der Waals surface area contributed by atoms with Gasteiger partial charge in [-0.2, -0.15) is 0 Å². The predicted octanol–water partition coefficient (Wildman–Crippen LogP) is 2.61. The molecule has 19 heavy (non-hydrogen) atoms. The topological polar surface area (TPSA) is 72.3 Å². The number of alkyl halides is 2. The second-order valence-corrected chi connectivity index (χ2v) is 6.12. The second-order valence-electron chi connectivity index (χ2n) is 6.12. The molecule has 1 aliphatic carbocycles. The van der Waals surface area contributed by atoms with Crippen LogP contribution >= 0.6 is 0 Å². The van der Waals surface area contributed by atoms with Gasteiger partial charge in [0.05, 0.1) is 6.17 Å². The summed E-state index contributed by atoms with van der Waals surface area (Å²) in [5.41, 5.74) is 10.8. The zero-order chi connectivity index (χ0) is 14.5. The van der Waals surface area contributed by atoms with Crippen LogP contribution in [0, 0.1) is 11.8 Å². The van der Waals surface area contributed by atoms with Crippen LogP contribution in [0.2, 0.25) is 0 Å². The van der Waals surface area contributed by atoms with Crippen LogP contribution in [0.3, 0.4) is 0 Å². The highest BCUT2D eigenvalue weighted by molar-refractivity contribution is 4.81. The normalized spacial score (nSPS) is 21.6. The Morgan fingerprint density at radius 1 is 1.21 bits per heavy atom. The van der Waals surface area contributed by atoms with E-state index in [4.69, 9.17) is 11.5 Å². The van der Waals surface area contributed by atoms with Crippen LogP contribution in [0.25, 0.3) is 0 Å². The highest BCUT2D eigenvalue weighted by Crippen LogP contribution is 2.33. The smallest absolute Gasteiger partial charge is 0.273 e. The third-order valence-corrected chi connectivity index (χ3v) is 4.31. The van der Waals surface area contributed by atoms with Crippen molar-refractivity contribution in [2.45, 2.75) is 76.5 Å². The minimum Gasteiger partial charge on any atom is -0.387 e. The van der Waals surface area contributed by atoms with Crippen molar-refractivity contribution in [1.29, 1.82) is 0 Å². The van der Waals surface area contributed by atoms with Gasteiger partial charge in [0.15, 0.2) is 0 Å². The van der Waals surface area contributed by atoms with E-state index in [1.54, 1.807) is 6.92 Å². The molecule has 1 rings (SSSR count). The number of aliphatic hydroxyl groups excluding tert-OH is 1. The molecule has 1 saturated carbocycles. The van der Waals surface area contributed by atoms with Crippen molar-refractivity contribution >= 4 is 0 Å². The molecule has 0 aromatic rings. The lowest BCUT2D eigenvalue weighted by Crippen LogP contribution is -2.43. The Bertz CT molecular complexity index is 256. The minimum atomic E-state index is -3.09. The molecule has 0 saturated heterocycles. The van der Waals surface area contributed by atoms with Crippen LogP contribution in [0.15, 0.2) is 0 Å². The lowest BCUT2D eigenvalue weighted by Gasteiger charge is -2.28. The fourth-order valence-electron chi connectivity index (χ4n) is 2.78. The Balaban J connectivity index is 2.35. The number of hydrogen-bond acceptors (Lipinski definition) is 3. The van der Waals surface area contributed by atoms with Crippen LogP contribution < -0.4 is 11.5 Å². The van der Waals surface area contributed by atoms with Gasteiger partial charge in [0, 0.05) is 6.42 Å². The van der Waals surface area contributed by atoms with Gasteiger partial charge in [0.1, 0.15) is 6.10 Å². The number of hydrogen-bond donors (Lipinski definition) is 3. The molecule has 114 valence electrons. The largest absolute Gasteiger partial charge is 0.387 e. The van der Waals surface area contributed by atoms with Crippen molar-refractivity contribution < 1.29 is 13.9 Å². The maximum Gasteiger partial charge on any atom is 0.273 e. The van der Waals surface area contributed by atoms with E-state index in [1.165, 1.54) is 19.3 Å². The molecule has 0 aromatic carbocycles. The maximum atomic E-state index is 13.8. The van der Waals surface area contributed by atoms with Crippen molar-refractivity contribution in [1.82, 2.24) is 0 Å². The molecule has 0 heterocycles. The molecule has 3 nitrogen and oxygen atoms in total. The summed E-state index contributed by atoms with van der Waals surface area (Å²) in [5.74, 6) is -3.09. The Labute approximate surface area is 114 Å². The van der Waals surface area contributed by atoms with E-state index >= 15 is 0 Å². The fraction of sp³-hybridized carbons (Fsp3) is 1.00. The Hall–Kier alpha value is -0.260. The number of nitrogens with two attached hydrogens (primary N) is 2. The standard InChI is InChI=1S/C14H28F2N2O/c1-10(13(17)18)9-14(15,16)12(19)8-7-11-5-3-2-4-6-11/h10-13,19H,2-9,17-18H2,1H3. The number of rotatable bonds is 7. The maximum absolute atomic E-state index is 13.8. The Morgan fingerprint density at radius 3 is 2.32 bits per heavy atom. The van der Waals surface area contributed by atoms with Crippen LogP contribution in [0.4, 0.5) is 8.78 Å². The number of halogens is 2. The lowest BCUT2D eigenvalue weighted by atomic mass is 9.84. The van der Waals surface area contributed by atoms with Crippen molar-refractivity contribution in [3.05, 3.63) is 0 Å². The van der Waals surface area contributed by atoms with E-state index in [0.717, 1.165) is 12.8 Å². The van der Waals surface area contributed by atoms with Gasteiger partial charge in [-0.25, -0.2) is 8.78 Å². The molecule has 0 radical (unpaired) electrons. The second kappa shape index (κ2) is 7.50. The van der Waals surface area contributed by atoms with Crippen LogP contribution in [-0.4, -0.2) is 23.3 Å². The molecule has 0 bridgehead atoms. The number of aliphatic hydroxyl groups is 1. The highest BCUT2D eigenvalue weighted by atomic mass is 19.3. The summed E-state index contributed by atoms with van der Waals surface area (Å²) in [6, 6.07) is 0. The lowest BCUT2D eigenvalue weighted by molar-refractivity contribution is -0.126. The summed E-state index contributed by atoms with van der Waals surface area (Å²) in [7, 11) is 0. The summed E-state index contributed by atoms with van der Waals surface area (Å²) in [6.07, 6.45) is 3.94. The van der Waals surface area contributed by atoms with Crippen LogP contribution in [0.5, 0.6) is 0 Å². The molecule has 1 fully saturated rings. The predicted molar refractivity (Wildman–Crippen MR) is 72.7 cm³/mol. The quantitative estimate of drug-likeness (QED) is 0.627. The molecule has 5 N–H and O–H groups in total. The first kappa shape index (κ1) is 16.8. The van der Waals surface area contributed by atoms with Crippen molar-refractivity contribution in [3.63, 3.8) is 0 Å². The summed E-state index contributed by atoms with van der Waals surface area (Å²) >= 11 is 0. The first-order valence-electron chi connectivity index (χ1n) is 7.40. The van der Waals surface area contributed by atoms with Crippen LogP contribution in [0.1, 0.15) is 58.3 Å². The van der Waals surface area contributed by atoms with Gasteiger partial charge in [-0.15, -0.1) is 0 Å². The third-order valence-electron chi connectivity index (χ3n) is 4.31. The van der Waals surface area contributed by atoms with E-state index in [-0.39, 0.29) is 6.42 Å². The van der Waals surface area contributed by atoms with E-state index < -0.39 is 30.5 Å². The van der Waals surface area contributed by atoms with Gasteiger partial charge in [-0.05, 0) is 24.7 Å². The summed E-state index contributed by atoms with van der Waals surface area (Å²) in [4.78, 5) is 0. The van der Waals surface area contributed by atoms with Gasteiger partial charge in [0.2, 0.25) is 0 Å². The molecule has 0 spiro atoms. The van der Waals surface area contributed by atoms with Crippen molar-refractivity contribution in [2.75, 3.05) is 0 Å². The van der Waals surface area contributed by atoms with Gasteiger partial charge in [-0.3, -0.25) is 0 Å². The molecule has 0 amide bonds. The first-order valence-corrected chi connectivity index (χ1v) is 7.40. The Kier molecular flexibility index (Phi) is 6.63. The minimum absolute atomic E-state index is 0.171. The summed E-state index contributed by atoms with van der Waals surface area (Å²) in [5, 5.41) is 9.71. The molecule has 2 atom stereocenters. The first-order chi connectivity index (χ1) is 8.83.